The van der Waals surface area contributed by atoms with Crippen LogP contribution in [0, 0.1) is 26.2 Å². The molecule has 11 nitrogen and oxygen atoms in total. The molecular weight excluding hydrogens is 775 g/mol. The fourth-order valence-corrected chi connectivity index (χ4v) is 11.8. The number of amides is 2. The molecule has 4 aliphatic rings. The molecule has 1 spiro atoms. The van der Waals surface area contributed by atoms with Crippen molar-refractivity contribution < 1.29 is 35.6 Å². The average molecular weight is 811 g/mol. The molecule has 2 amide bonds. The summed E-state index contributed by atoms with van der Waals surface area (Å²) >= 11 is 3.12. The Kier molecular flexibility index (Phi) is 7.34. The van der Waals surface area contributed by atoms with Gasteiger partial charge in [0.05, 0.1) is 0 Å². The van der Waals surface area contributed by atoms with Gasteiger partial charge in [-0.1, -0.05) is 0 Å². The molecule has 47 heavy (non-hydrogen) atoms. The zero-order valence-electron chi connectivity index (χ0n) is 26.7. The summed E-state index contributed by atoms with van der Waals surface area (Å²) in [5, 5.41) is 8.41. The molecule has 0 radical (unpaired) electrons. The number of nitrogens with zero attached hydrogens (tertiary/aromatic N) is 7. The molecule has 1 saturated carbocycles. The predicted octanol–water partition coefficient (Wildman–Crippen LogP) is 1.28. The molecular formula is C34H35BrIN8O3-. The second-order valence-electron chi connectivity index (χ2n) is 13.7. The summed E-state index contributed by atoms with van der Waals surface area (Å²) in [4.78, 5) is 58.7. The van der Waals surface area contributed by atoms with Crippen LogP contribution in [0.25, 0.3) is 22.0 Å². The third kappa shape index (κ3) is 5.47. The number of rotatable bonds is 8. The summed E-state index contributed by atoms with van der Waals surface area (Å²) < 4.78 is 2.40. The minimum absolute atomic E-state index is 0.0183. The number of fused-ring (bicyclic) bond motifs is 2. The summed E-state index contributed by atoms with van der Waals surface area (Å²) in [7, 11) is 0. The van der Waals surface area contributed by atoms with Crippen LogP contribution < -0.4 is 26.5 Å². The normalized spacial score (nSPS) is 24.1. The average Bonchev–Trinajstić information content (AvgIpc) is 3.88. The number of hydrogen-bond acceptors (Lipinski definition) is 8. The van der Waals surface area contributed by atoms with Gasteiger partial charge in [-0.25, -0.2) is 0 Å². The van der Waals surface area contributed by atoms with Crippen LogP contribution in [0.4, 0.5) is 5.82 Å². The minimum atomic E-state index is -0.597. The molecule has 0 bridgehead atoms. The van der Waals surface area contributed by atoms with Crippen molar-refractivity contribution in [3.05, 3.63) is 63.9 Å². The summed E-state index contributed by atoms with van der Waals surface area (Å²) in [5.41, 5.74) is 5.06. The van der Waals surface area contributed by atoms with E-state index in [1.165, 1.54) is 19.8 Å². The predicted molar refractivity (Wildman–Crippen MR) is 175 cm³/mol. The number of ketones is 1. The molecule has 4 fully saturated rings. The van der Waals surface area contributed by atoms with Gasteiger partial charge < -0.3 is 0 Å². The number of alkyl halides is 2. The topological polar surface area (TPSA) is 126 Å². The Hall–Kier alpha value is -3.30. The van der Waals surface area contributed by atoms with Gasteiger partial charge in [-0.2, -0.15) is 0 Å². The van der Waals surface area contributed by atoms with Crippen LogP contribution in [0.15, 0.2) is 41.3 Å². The first kappa shape index (κ1) is 31.0. The van der Waals surface area contributed by atoms with E-state index in [1.54, 1.807) is 17.1 Å². The third-order valence-electron chi connectivity index (χ3n) is 10.0. The van der Waals surface area contributed by atoms with Gasteiger partial charge in [0, 0.05) is 0 Å². The monoisotopic (exact) mass is 809 g/mol. The molecule has 3 aliphatic heterocycles. The maximum atomic E-state index is 14.4. The van der Waals surface area contributed by atoms with Crippen LogP contribution in [0.5, 0.6) is 0 Å². The zero-order chi connectivity index (χ0) is 32.8. The first-order valence-corrected chi connectivity index (χ1v) is 19.0. The quantitative estimate of drug-likeness (QED) is 0.0929. The van der Waals surface area contributed by atoms with Crippen LogP contribution in [0.2, 0.25) is 0 Å². The molecule has 6 heterocycles. The molecule has 1 aliphatic carbocycles. The number of aromatic nitrogens is 5. The Morgan fingerprint density at radius 2 is 1.79 bits per heavy atom. The van der Waals surface area contributed by atoms with Gasteiger partial charge in [0.15, 0.2) is 0 Å². The van der Waals surface area contributed by atoms with Crippen molar-refractivity contribution in [3.8, 4) is 11.1 Å². The number of aryl methyl sites for hydroxylation is 3. The van der Waals surface area contributed by atoms with E-state index in [0.29, 0.717) is 39.2 Å². The van der Waals surface area contributed by atoms with E-state index in [-0.39, 0.29) is 52.8 Å². The molecule has 3 atom stereocenters. The number of benzene rings is 1. The van der Waals surface area contributed by atoms with Crippen molar-refractivity contribution in [1.82, 2.24) is 34.5 Å². The molecule has 1 N–H and O–H groups in total. The number of Topliss-reactive ketones (excluding diaryl/α,β-unsaturated/α-hetero) is 1. The Morgan fingerprint density at radius 3 is 2.49 bits per heavy atom. The SMILES string of the molecule is CC(=O)c1nn(CC(=O)N2[C@H](C(=O)Nc3nc(Br)ccc3C)C[C@@]3(CN4CC5(CC5)C4)[I-][C@@H]23)c2c(C)cc(-c3cnc(C)nc3)cc12. The van der Waals surface area contributed by atoms with Crippen LogP contribution in [-0.2, 0) is 16.1 Å². The Balaban J connectivity index is 1.10. The van der Waals surface area contributed by atoms with Gasteiger partial charge in [-0.3, -0.25) is 0 Å². The Labute approximate surface area is 291 Å². The first-order valence-electron chi connectivity index (χ1n) is 15.9. The van der Waals surface area contributed by atoms with Crippen molar-refractivity contribution in [2.45, 2.75) is 67.0 Å². The second-order valence-corrected chi connectivity index (χ2v) is 18.5. The third-order valence-corrected chi connectivity index (χ3v) is 14.8. The van der Waals surface area contributed by atoms with Gasteiger partial charge in [-0.15, -0.1) is 0 Å². The number of halogens is 2. The molecule has 0 unspecified atom stereocenters. The van der Waals surface area contributed by atoms with Crippen molar-refractivity contribution in [3.63, 3.8) is 0 Å². The number of likely N-dealkylation sites (tertiary alicyclic amines) is 2. The standard InChI is InChI=1S/C34H35BrIN8O3/c1-18-5-6-26(35)39-30(18)40-31(47)25-11-34(17-42-15-33(16-42)7-8-33)32(36-34)44(25)27(46)14-43-29-19(2)9-22(23-12-37-21(4)38-13-23)10-24(29)28(41-43)20(3)45/h5-6,9-10,12-13,25,32H,7-8,11,14-17H2,1-4H3,(H,39,40,47)/q-1/t25-,32-,34-/m0/s1. The summed E-state index contributed by atoms with van der Waals surface area (Å²) in [6.07, 6.45) is 6.85. The van der Waals surface area contributed by atoms with Gasteiger partial charge in [0.1, 0.15) is 5.82 Å². The van der Waals surface area contributed by atoms with Crippen molar-refractivity contribution >= 4 is 50.2 Å². The van der Waals surface area contributed by atoms with Crippen molar-refractivity contribution in [2.75, 3.05) is 25.0 Å². The molecule has 244 valence electrons. The molecule has 13 heteroatoms. The first-order chi connectivity index (χ1) is 22.4. The number of carbonyl (C=O) groups excluding carboxylic acids is 3. The number of pyridine rings is 1. The number of anilines is 1. The van der Waals surface area contributed by atoms with E-state index in [0.717, 1.165) is 47.4 Å². The summed E-state index contributed by atoms with van der Waals surface area (Å²) in [6, 6.07) is 7.09. The molecule has 8 rings (SSSR count). The van der Waals surface area contributed by atoms with Crippen molar-refractivity contribution in [1.29, 1.82) is 0 Å². The van der Waals surface area contributed by atoms with Crippen LogP contribution in [0.1, 0.15) is 53.6 Å². The number of nitrogens with one attached hydrogen (secondary N) is 1. The summed E-state index contributed by atoms with van der Waals surface area (Å²) in [5.74, 6) is 0.640. The van der Waals surface area contributed by atoms with Crippen LogP contribution >= 0.6 is 15.9 Å². The van der Waals surface area contributed by atoms with E-state index >= 15 is 0 Å². The van der Waals surface area contributed by atoms with E-state index < -0.39 is 6.04 Å². The number of hydrogen-bond donors (Lipinski definition) is 1. The summed E-state index contributed by atoms with van der Waals surface area (Å²) in [6.45, 7) is 10.4. The van der Waals surface area contributed by atoms with E-state index in [9.17, 15) is 14.4 Å². The molecule has 3 saturated heterocycles. The van der Waals surface area contributed by atoms with Gasteiger partial charge in [0.2, 0.25) is 0 Å². The Bertz CT molecular complexity index is 1990. The second kappa shape index (κ2) is 11.1. The van der Waals surface area contributed by atoms with E-state index in [1.807, 2.05) is 49.9 Å². The van der Waals surface area contributed by atoms with Crippen LogP contribution in [-0.4, -0.2) is 85.3 Å². The van der Waals surface area contributed by atoms with Gasteiger partial charge in [0.25, 0.3) is 0 Å². The molecule has 4 aromatic rings. The van der Waals surface area contributed by atoms with E-state index in [4.69, 9.17) is 5.10 Å². The number of carbonyl (C=O) groups is 3. The molecule has 3 aromatic heterocycles. The zero-order valence-corrected chi connectivity index (χ0v) is 30.4. The fourth-order valence-electron chi connectivity index (χ4n) is 7.42. The van der Waals surface area contributed by atoms with E-state index in [2.05, 4.69) is 41.1 Å². The van der Waals surface area contributed by atoms with Crippen LogP contribution in [0.3, 0.4) is 0 Å². The van der Waals surface area contributed by atoms with Gasteiger partial charge >= 0.3 is 280 Å². The van der Waals surface area contributed by atoms with Gasteiger partial charge in [-0.05, 0) is 6.92 Å². The van der Waals surface area contributed by atoms with Crippen molar-refractivity contribution in [2.24, 2.45) is 5.41 Å². The Morgan fingerprint density at radius 1 is 1.04 bits per heavy atom. The maximum absolute atomic E-state index is 14.4. The fraction of sp³-hybridized carbons (Fsp3) is 0.441. The molecule has 1 aromatic carbocycles.